The number of non-ortho nitro benzene ring substituents is 1. The summed E-state index contributed by atoms with van der Waals surface area (Å²) >= 11 is 0. The maximum Gasteiger partial charge on any atom is 0.270 e. The highest BCUT2D eigenvalue weighted by Gasteiger charge is 2.22. The summed E-state index contributed by atoms with van der Waals surface area (Å²) in [6.07, 6.45) is 1.82. The van der Waals surface area contributed by atoms with Crippen molar-refractivity contribution in [2.24, 2.45) is 0 Å². The fraction of sp³-hybridized carbons (Fsp3) is 0.310. The van der Waals surface area contributed by atoms with Crippen molar-refractivity contribution in [3.63, 3.8) is 0 Å². The van der Waals surface area contributed by atoms with E-state index in [1.807, 2.05) is 18.2 Å². The zero-order valence-electron chi connectivity index (χ0n) is 22.5. The fourth-order valence-electron chi connectivity index (χ4n) is 4.60. The van der Waals surface area contributed by atoms with Gasteiger partial charge in [0.05, 0.1) is 42.6 Å². The molecule has 1 fully saturated rings. The van der Waals surface area contributed by atoms with Crippen molar-refractivity contribution < 1.29 is 24.0 Å². The van der Waals surface area contributed by atoms with E-state index in [0.717, 1.165) is 38.5 Å². The van der Waals surface area contributed by atoms with E-state index in [1.54, 1.807) is 18.2 Å². The third-order valence-electron chi connectivity index (χ3n) is 6.78. The molecule has 0 spiro atoms. The molecule has 1 saturated heterocycles. The summed E-state index contributed by atoms with van der Waals surface area (Å²) in [7, 11) is 2.96. The van der Waals surface area contributed by atoms with Crippen molar-refractivity contribution in [3.8, 4) is 11.5 Å². The third-order valence-corrected chi connectivity index (χ3v) is 6.78. The SMILES string of the molecule is COc1ccc(NC(=O)c2cc([N+](=O)[O-])ccc2NC(=O)CNC2CCN(Cc3ccccc3)CC2)c(OC)c1. The maximum absolute atomic E-state index is 13.2. The van der Waals surface area contributed by atoms with Crippen LogP contribution in [0.1, 0.15) is 28.8 Å². The van der Waals surface area contributed by atoms with Gasteiger partial charge in [-0.15, -0.1) is 0 Å². The number of piperidine rings is 1. The Hall–Kier alpha value is -4.48. The van der Waals surface area contributed by atoms with E-state index >= 15 is 0 Å². The fourth-order valence-corrected chi connectivity index (χ4v) is 4.60. The van der Waals surface area contributed by atoms with Gasteiger partial charge in [0.25, 0.3) is 11.6 Å². The van der Waals surface area contributed by atoms with Crippen LogP contribution in [0, 0.1) is 10.1 Å². The molecule has 0 saturated carbocycles. The number of methoxy groups -OCH3 is 2. The smallest absolute Gasteiger partial charge is 0.270 e. The van der Waals surface area contributed by atoms with Crippen molar-refractivity contribution in [2.45, 2.75) is 25.4 Å². The van der Waals surface area contributed by atoms with Gasteiger partial charge in [-0.1, -0.05) is 30.3 Å². The standard InChI is InChI=1S/C29H33N5O6/c1-39-23-9-11-26(27(17-23)40-2)32-29(36)24-16-22(34(37)38)8-10-25(24)31-28(35)18-30-21-12-14-33(15-13-21)19-20-6-4-3-5-7-20/h3-11,16-17,21,30H,12-15,18-19H2,1-2H3,(H,31,35)(H,32,36). The molecule has 0 atom stereocenters. The number of nitro groups is 1. The second kappa shape index (κ2) is 13.5. The van der Waals surface area contributed by atoms with Crippen LogP contribution in [0.15, 0.2) is 66.7 Å². The summed E-state index contributed by atoms with van der Waals surface area (Å²) in [6, 6.07) is 19.1. The van der Waals surface area contributed by atoms with Gasteiger partial charge in [-0.2, -0.15) is 0 Å². The van der Waals surface area contributed by atoms with Gasteiger partial charge in [0.1, 0.15) is 11.5 Å². The quantitative estimate of drug-likeness (QED) is 0.242. The van der Waals surface area contributed by atoms with Gasteiger partial charge in [-0.25, -0.2) is 0 Å². The lowest BCUT2D eigenvalue weighted by Crippen LogP contribution is -2.44. The van der Waals surface area contributed by atoms with Crippen molar-refractivity contribution in [1.29, 1.82) is 0 Å². The number of nitrogens with zero attached hydrogens (tertiary/aromatic N) is 2. The van der Waals surface area contributed by atoms with Gasteiger partial charge >= 0.3 is 0 Å². The number of benzene rings is 3. The topological polar surface area (TPSA) is 135 Å². The van der Waals surface area contributed by atoms with Crippen LogP contribution in [0.5, 0.6) is 11.5 Å². The van der Waals surface area contributed by atoms with Gasteiger partial charge in [0, 0.05) is 30.8 Å². The van der Waals surface area contributed by atoms with Crippen LogP contribution in [0.25, 0.3) is 0 Å². The van der Waals surface area contributed by atoms with E-state index in [0.29, 0.717) is 17.2 Å². The molecule has 0 aromatic heterocycles. The summed E-state index contributed by atoms with van der Waals surface area (Å²) < 4.78 is 10.5. The Bertz CT molecular complexity index is 1340. The largest absolute Gasteiger partial charge is 0.497 e. The number of nitrogens with one attached hydrogen (secondary N) is 3. The molecule has 210 valence electrons. The Labute approximate surface area is 232 Å². The van der Waals surface area contributed by atoms with Crippen LogP contribution in [0.2, 0.25) is 0 Å². The zero-order valence-corrected chi connectivity index (χ0v) is 22.5. The number of nitro benzene ring substituents is 1. The Kier molecular flexibility index (Phi) is 9.66. The first kappa shape index (κ1) is 28.5. The number of hydrogen-bond acceptors (Lipinski definition) is 8. The van der Waals surface area contributed by atoms with Gasteiger partial charge in [-0.3, -0.25) is 24.6 Å². The number of anilines is 2. The highest BCUT2D eigenvalue weighted by Crippen LogP contribution is 2.30. The molecular formula is C29H33N5O6. The Balaban J connectivity index is 1.36. The van der Waals surface area contributed by atoms with Crippen LogP contribution >= 0.6 is 0 Å². The first-order valence-corrected chi connectivity index (χ1v) is 13.0. The number of rotatable bonds is 11. The lowest BCUT2D eigenvalue weighted by Gasteiger charge is -2.32. The Morgan fingerprint density at radius 1 is 0.950 bits per heavy atom. The molecule has 0 unspecified atom stereocenters. The molecule has 11 nitrogen and oxygen atoms in total. The molecule has 40 heavy (non-hydrogen) atoms. The molecule has 3 N–H and O–H groups in total. The Morgan fingerprint density at radius 2 is 1.68 bits per heavy atom. The van der Waals surface area contributed by atoms with Gasteiger partial charge in [0.15, 0.2) is 0 Å². The number of carbonyl (C=O) groups is 2. The third kappa shape index (κ3) is 7.55. The summed E-state index contributed by atoms with van der Waals surface area (Å²) in [4.78, 5) is 39.2. The molecule has 0 aliphatic carbocycles. The van der Waals surface area contributed by atoms with Crippen molar-refractivity contribution >= 4 is 28.9 Å². The van der Waals surface area contributed by atoms with Crippen LogP contribution in [0.4, 0.5) is 17.1 Å². The lowest BCUT2D eigenvalue weighted by atomic mass is 10.0. The van der Waals surface area contributed by atoms with Crippen LogP contribution in [-0.2, 0) is 11.3 Å². The number of hydrogen-bond donors (Lipinski definition) is 3. The normalized spacial score (nSPS) is 13.8. The number of ether oxygens (including phenoxy) is 2. The molecule has 3 aromatic carbocycles. The van der Waals surface area contributed by atoms with Crippen molar-refractivity contribution in [1.82, 2.24) is 10.2 Å². The maximum atomic E-state index is 13.2. The van der Waals surface area contributed by atoms with Gasteiger partial charge < -0.3 is 25.4 Å². The predicted octanol–water partition coefficient (Wildman–Crippen LogP) is 4.06. The molecule has 4 rings (SSSR count). The number of likely N-dealkylation sites (tertiary alicyclic amines) is 1. The summed E-state index contributed by atoms with van der Waals surface area (Å²) in [5, 5.41) is 20.1. The molecule has 1 aliphatic heterocycles. The van der Waals surface area contributed by atoms with Gasteiger partial charge in [-0.05, 0) is 49.7 Å². The monoisotopic (exact) mass is 547 g/mol. The lowest BCUT2D eigenvalue weighted by molar-refractivity contribution is -0.384. The first-order chi connectivity index (χ1) is 19.4. The summed E-state index contributed by atoms with van der Waals surface area (Å²) in [6.45, 7) is 2.81. The molecule has 3 aromatic rings. The van der Waals surface area contributed by atoms with Crippen LogP contribution in [-0.4, -0.2) is 61.5 Å². The predicted molar refractivity (Wildman–Crippen MR) is 152 cm³/mol. The minimum atomic E-state index is -0.638. The highest BCUT2D eigenvalue weighted by molar-refractivity contribution is 6.11. The zero-order chi connectivity index (χ0) is 28.5. The van der Waals surface area contributed by atoms with E-state index in [9.17, 15) is 19.7 Å². The summed E-state index contributed by atoms with van der Waals surface area (Å²) in [5.41, 5.74) is 1.47. The average Bonchev–Trinajstić information content (AvgIpc) is 2.97. The molecule has 11 heteroatoms. The second-order valence-electron chi connectivity index (χ2n) is 9.47. The van der Waals surface area contributed by atoms with Crippen molar-refractivity contribution in [3.05, 3.63) is 88.0 Å². The van der Waals surface area contributed by atoms with E-state index in [2.05, 4.69) is 33.0 Å². The van der Waals surface area contributed by atoms with Crippen molar-refractivity contribution in [2.75, 3.05) is 44.5 Å². The van der Waals surface area contributed by atoms with Gasteiger partial charge in [0.2, 0.25) is 5.91 Å². The minimum Gasteiger partial charge on any atom is -0.497 e. The first-order valence-electron chi connectivity index (χ1n) is 13.0. The van der Waals surface area contributed by atoms with Crippen LogP contribution in [0.3, 0.4) is 0 Å². The summed E-state index contributed by atoms with van der Waals surface area (Å²) in [5.74, 6) is -0.104. The van der Waals surface area contributed by atoms with E-state index < -0.39 is 10.8 Å². The van der Waals surface area contributed by atoms with Crippen LogP contribution < -0.4 is 25.4 Å². The molecular weight excluding hydrogens is 514 g/mol. The molecule has 2 amide bonds. The minimum absolute atomic E-state index is 0.0466. The second-order valence-corrected chi connectivity index (χ2v) is 9.47. The Morgan fingerprint density at radius 3 is 2.35 bits per heavy atom. The van der Waals surface area contributed by atoms with E-state index in [1.165, 1.54) is 31.9 Å². The number of carbonyl (C=O) groups excluding carboxylic acids is 2. The average molecular weight is 548 g/mol. The van der Waals surface area contributed by atoms with E-state index in [-0.39, 0.29) is 35.4 Å². The molecule has 1 aliphatic rings. The molecule has 1 heterocycles. The highest BCUT2D eigenvalue weighted by atomic mass is 16.6. The molecule has 0 radical (unpaired) electrons. The number of amides is 2. The van der Waals surface area contributed by atoms with E-state index in [4.69, 9.17) is 9.47 Å². The molecule has 0 bridgehead atoms.